The predicted octanol–water partition coefficient (Wildman–Crippen LogP) is 2.12. The van der Waals surface area contributed by atoms with Gasteiger partial charge in [-0.1, -0.05) is 20.8 Å². The molecule has 0 radical (unpaired) electrons. The number of hydrogen-bond donors (Lipinski definition) is 2. The lowest BCUT2D eigenvalue weighted by Gasteiger charge is -2.31. The first-order chi connectivity index (χ1) is 6.07. The molecule has 0 amide bonds. The van der Waals surface area contributed by atoms with Crippen molar-refractivity contribution >= 4 is 5.97 Å². The number of carbonyl (C=O) groups is 1. The molecule has 14 heavy (non-hydrogen) atoms. The summed E-state index contributed by atoms with van der Waals surface area (Å²) in [7, 11) is 0. The zero-order valence-corrected chi connectivity index (χ0v) is 10.1. The van der Waals surface area contributed by atoms with Gasteiger partial charge in [-0.05, 0) is 26.2 Å². The highest BCUT2D eigenvalue weighted by Crippen LogP contribution is 2.20. The van der Waals surface area contributed by atoms with Gasteiger partial charge in [0.15, 0.2) is 0 Å². The van der Waals surface area contributed by atoms with E-state index in [4.69, 9.17) is 5.11 Å². The van der Waals surface area contributed by atoms with E-state index >= 15 is 0 Å². The fraction of sp³-hybridized carbons (Fsp3) is 0.909. The normalized spacial score (nSPS) is 15.3. The van der Waals surface area contributed by atoms with Gasteiger partial charge < -0.3 is 10.4 Å². The maximum absolute atomic E-state index is 10.8. The number of rotatable bonds is 4. The number of aliphatic carboxylic acids is 1. The summed E-state index contributed by atoms with van der Waals surface area (Å²) >= 11 is 0. The molecule has 0 aliphatic heterocycles. The molecule has 2 N–H and O–H groups in total. The van der Waals surface area contributed by atoms with E-state index in [-0.39, 0.29) is 5.41 Å². The molecule has 1 atom stereocenters. The molecule has 0 saturated carbocycles. The first-order valence-corrected chi connectivity index (χ1v) is 5.04. The summed E-state index contributed by atoms with van der Waals surface area (Å²) in [6.07, 6.45) is 0. The van der Waals surface area contributed by atoms with Crippen LogP contribution in [0.2, 0.25) is 0 Å². The van der Waals surface area contributed by atoms with Crippen LogP contribution in [-0.2, 0) is 4.79 Å². The fourth-order valence-corrected chi connectivity index (χ4v) is 0.790. The zero-order valence-electron chi connectivity index (χ0n) is 10.1. The van der Waals surface area contributed by atoms with Gasteiger partial charge in [0, 0.05) is 12.6 Å². The molecule has 0 rings (SSSR count). The van der Waals surface area contributed by atoms with E-state index in [1.165, 1.54) is 0 Å². The lowest BCUT2D eigenvalue weighted by Crippen LogP contribution is -2.44. The van der Waals surface area contributed by atoms with Gasteiger partial charge >= 0.3 is 5.97 Å². The highest BCUT2D eigenvalue weighted by atomic mass is 16.4. The maximum Gasteiger partial charge on any atom is 0.310 e. The van der Waals surface area contributed by atoms with Crippen LogP contribution in [0.15, 0.2) is 0 Å². The van der Waals surface area contributed by atoms with Crippen molar-refractivity contribution in [2.75, 3.05) is 6.54 Å². The van der Waals surface area contributed by atoms with Crippen molar-refractivity contribution < 1.29 is 9.90 Å². The molecular weight excluding hydrogens is 178 g/mol. The SMILES string of the molecule is CC(NCC(C)(C)C(=O)O)C(C)(C)C. The lowest BCUT2D eigenvalue weighted by molar-refractivity contribution is -0.146. The molecule has 0 bridgehead atoms. The van der Waals surface area contributed by atoms with Crippen LogP contribution in [0.1, 0.15) is 41.5 Å². The molecule has 0 saturated heterocycles. The Bertz CT molecular complexity index is 204. The molecule has 0 fully saturated rings. The smallest absolute Gasteiger partial charge is 0.310 e. The quantitative estimate of drug-likeness (QED) is 0.732. The first-order valence-electron chi connectivity index (χ1n) is 5.04. The standard InChI is InChI=1S/C11H23NO2/c1-8(10(2,3)4)12-7-11(5,6)9(13)14/h8,12H,7H2,1-6H3,(H,13,14). The largest absolute Gasteiger partial charge is 0.481 e. The molecule has 0 aliphatic rings. The third-order valence-corrected chi connectivity index (χ3v) is 2.73. The summed E-state index contributed by atoms with van der Waals surface area (Å²) in [6, 6.07) is 0.307. The van der Waals surface area contributed by atoms with Gasteiger partial charge in [-0.2, -0.15) is 0 Å². The second-order valence-electron chi connectivity index (χ2n) is 5.66. The minimum atomic E-state index is -0.758. The van der Waals surface area contributed by atoms with Gasteiger partial charge in [0.2, 0.25) is 0 Å². The van der Waals surface area contributed by atoms with Gasteiger partial charge in [0.05, 0.1) is 5.41 Å². The Kier molecular flexibility index (Phi) is 4.13. The predicted molar refractivity (Wildman–Crippen MR) is 58.3 cm³/mol. The van der Waals surface area contributed by atoms with Crippen molar-refractivity contribution in [2.24, 2.45) is 10.8 Å². The second kappa shape index (κ2) is 4.30. The van der Waals surface area contributed by atoms with E-state index in [1.807, 2.05) is 0 Å². The summed E-state index contributed by atoms with van der Waals surface area (Å²) in [4.78, 5) is 10.8. The third-order valence-electron chi connectivity index (χ3n) is 2.73. The highest BCUT2D eigenvalue weighted by Gasteiger charge is 2.29. The van der Waals surface area contributed by atoms with Crippen LogP contribution in [0.25, 0.3) is 0 Å². The Hall–Kier alpha value is -0.570. The number of carboxylic acids is 1. The Morgan fingerprint density at radius 1 is 1.29 bits per heavy atom. The first kappa shape index (κ1) is 13.4. The Balaban J connectivity index is 4.13. The minimum Gasteiger partial charge on any atom is -0.481 e. The third kappa shape index (κ3) is 4.09. The van der Waals surface area contributed by atoms with Gasteiger partial charge in [-0.25, -0.2) is 0 Å². The molecular formula is C11H23NO2. The van der Waals surface area contributed by atoms with Crippen molar-refractivity contribution in [3.05, 3.63) is 0 Å². The summed E-state index contributed by atoms with van der Waals surface area (Å²) in [5.74, 6) is -0.758. The van der Waals surface area contributed by atoms with Crippen LogP contribution >= 0.6 is 0 Å². The van der Waals surface area contributed by atoms with Crippen molar-refractivity contribution in [1.29, 1.82) is 0 Å². The molecule has 0 aromatic rings. The summed E-state index contributed by atoms with van der Waals surface area (Å²) in [5, 5.41) is 12.2. The number of hydrogen-bond acceptors (Lipinski definition) is 2. The summed E-state index contributed by atoms with van der Waals surface area (Å²) < 4.78 is 0. The molecule has 3 heteroatoms. The second-order valence-corrected chi connectivity index (χ2v) is 5.66. The fourth-order valence-electron chi connectivity index (χ4n) is 0.790. The number of nitrogens with one attached hydrogen (secondary N) is 1. The topological polar surface area (TPSA) is 49.3 Å². The van der Waals surface area contributed by atoms with Crippen LogP contribution < -0.4 is 5.32 Å². The molecule has 0 heterocycles. The van der Waals surface area contributed by atoms with E-state index in [9.17, 15) is 4.79 Å². The van der Waals surface area contributed by atoms with Gasteiger partial charge in [-0.3, -0.25) is 4.79 Å². The average Bonchev–Trinajstić information content (AvgIpc) is 1.98. The molecule has 84 valence electrons. The molecule has 3 nitrogen and oxygen atoms in total. The van der Waals surface area contributed by atoms with Crippen molar-refractivity contribution in [3.8, 4) is 0 Å². The van der Waals surface area contributed by atoms with Gasteiger partial charge in [0.1, 0.15) is 0 Å². The molecule has 0 aromatic carbocycles. The van der Waals surface area contributed by atoms with E-state index in [0.717, 1.165) is 0 Å². The van der Waals surface area contributed by atoms with Crippen molar-refractivity contribution in [3.63, 3.8) is 0 Å². The Labute approximate surface area is 86.9 Å². The maximum atomic E-state index is 10.8. The monoisotopic (exact) mass is 201 g/mol. The van der Waals surface area contributed by atoms with Crippen molar-refractivity contribution in [2.45, 2.75) is 47.6 Å². The van der Waals surface area contributed by atoms with Crippen LogP contribution in [0, 0.1) is 10.8 Å². The average molecular weight is 201 g/mol. The van der Waals surface area contributed by atoms with Crippen molar-refractivity contribution in [1.82, 2.24) is 5.32 Å². The molecule has 0 spiro atoms. The minimum absolute atomic E-state index is 0.161. The van der Waals surface area contributed by atoms with Gasteiger partial charge in [-0.15, -0.1) is 0 Å². The van der Waals surface area contributed by atoms with Crippen LogP contribution in [0.5, 0.6) is 0 Å². The Morgan fingerprint density at radius 2 is 1.71 bits per heavy atom. The van der Waals surface area contributed by atoms with E-state index < -0.39 is 11.4 Å². The van der Waals surface area contributed by atoms with Gasteiger partial charge in [0.25, 0.3) is 0 Å². The summed E-state index contributed by atoms with van der Waals surface area (Å²) in [6.45, 7) is 12.5. The molecule has 0 aliphatic carbocycles. The molecule has 0 aromatic heterocycles. The van der Waals surface area contributed by atoms with E-state index in [0.29, 0.717) is 12.6 Å². The molecule has 1 unspecified atom stereocenters. The zero-order chi connectivity index (χ0) is 11.6. The van der Waals surface area contributed by atoms with Crippen LogP contribution in [0.4, 0.5) is 0 Å². The van der Waals surface area contributed by atoms with Crippen LogP contribution in [0.3, 0.4) is 0 Å². The number of carboxylic acid groups (broad SMARTS) is 1. The van der Waals surface area contributed by atoms with E-state index in [2.05, 4.69) is 33.0 Å². The summed E-state index contributed by atoms with van der Waals surface area (Å²) in [5.41, 5.74) is -0.534. The van der Waals surface area contributed by atoms with E-state index in [1.54, 1.807) is 13.8 Å². The lowest BCUT2D eigenvalue weighted by atomic mass is 9.86. The Morgan fingerprint density at radius 3 is 2.00 bits per heavy atom. The van der Waals surface area contributed by atoms with Crippen LogP contribution in [-0.4, -0.2) is 23.7 Å². The highest BCUT2D eigenvalue weighted by molar-refractivity contribution is 5.73.